The van der Waals surface area contributed by atoms with E-state index in [0.717, 1.165) is 12.8 Å². The second kappa shape index (κ2) is 7.36. The van der Waals surface area contributed by atoms with Crippen LogP contribution in [0.15, 0.2) is 17.4 Å². The predicted molar refractivity (Wildman–Crippen MR) is 54.8 cm³/mol. The quantitative estimate of drug-likeness (QED) is 0.541. The van der Waals surface area contributed by atoms with E-state index >= 15 is 0 Å². The lowest BCUT2D eigenvalue weighted by atomic mass is 10.0. The molecular formula is C11H18O3. The maximum Gasteiger partial charge on any atom is 0.339 e. The Kier molecular flexibility index (Phi) is 6.81. The van der Waals surface area contributed by atoms with Gasteiger partial charge in [0.2, 0.25) is 0 Å². The molecule has 0 aromatic rings. The Labute approximate surface area is 85.1 Å². The van der Waals surface area contributed by atoms with E-state index in [0.29, 0.717) is 12.0 Å². The van der Waals surface area contributed by atoms with E-state index in [1.807, 2.05) is 0 Å². The second-order valence-electron chi connectivity index (χ2n) is 2.99. The van der Waals surface area contributed by atoms with Crippen LogP contribution in [0, 0.1) is 0 Å². The molecule has 14 heavy (non-hydrogen) atoms. The number of hydrogen-bond donors (Lipinski definition) is 1. The van der Waals surface area contributed by atoms with Gasteiger partial charge in [-0.15, -0.1) is 5.73 Å². The highest BCUT2D eigenvalue weighted by Gasteiger charge is 2.19. The first-order valence-electron chi connectivity index (χ1n) is 4.83. The van der Waals surface area contributed by atoms with Gasteiger partial charge < -0.3 is 9.84 Å². The van der Waals surface area contributed by atoms with E-state index in [4.69, 9.17) is 0 Å². The van der Waals surface area contributed by atoms with Gasteiger partial charge in [0, 0.05) is 5.57 Å². The third-order valence-corrected chi connectivity index (χ3v) is 1.88. The van der Waals surface area contributed by atoms with Crippen LogP contribution < -0.4 is 0 Å². The molecule has 0 spiro atoms. The number of ether oxygens (including phenoxy) is 1. The molecule has 0 aromatic heterocycles. The van der Waals surface area contributed by atoms with Crippen LogP contribution in [0.4, 0.5) is 0 Å². The van der Waals surface area contributed by atoms with Gasteiger partial charge in [0.25, 0.3) is 0 Å². The number of methoxy groups -OCH3 is 1. The molecule has 0 aliphatic rings. The number of aliphatic hydroxyl groups is 1. The largest absolute Gasteiger partial charge is 0.467 e. The average Bonchev–Trinajstić information content (AvgIpc) is 2.22. The summed E-state index contributed by atoms with van der Waals surface area (Å²) in [5.74, 6) is -0.620. The highest BCUT2D eigenvalue weighted by molar-refractivity contribution is 5.77. The zero-order chi connectivity index (χ0) is 11.0. The molecule has 0 unspecified atom stereocenters. The Morgan fingerprint density at radius 1 is 1.64 bits per heavy atom. The zero-order valence-corrected chi connectivity index (χ0v) is 9.04. The number of esters is 1. The summed E-state index contributed by atoms with van der Waals surface area (Å²) < 4.78 is 4.46. The molecule has 0 amide bonds. The topological polar surface area (TPSA) is 46.5 Å². The summed E-state index contributed by atoms with van der Waals surface area (Å²) >= 11 is 0. The number of carbonyl (C=O) groups excluding carboxylic acids is 1. The Hall–Kier alpha value is -1.05. The first kappa shape index (κ1) is 12.9. The maximum atomic E-state index is 11.0. The first-order chi connectivity index (χ1) is 6.67. The molecule has 3 nitrogen and oxygen atoms in total. The van der Waals surface area contributed by atoms with Crippen molar-refractivity contribution in [1.29, 1.82) is 0 Å². The van der Waals surface area contributed by atoms with Crippen molar-refractivity contribution >= 4 is 5.97 Å². The van der Waals surface area contributed by atoms with Gasteiger partial charge in [-0.1, -0.05) is 13.3 Å². The van der Waals surface area contributed by atoms with E-state index < -0.39 is 12.1 Å². The lowest BCUT2D eigenvalue weighted by Crippen LogP contribution is -2.23. The SMILES string of the molecule is CC=C=C(CCCC)[C@H](O)C(=O)OC. The Morgan fingerprint density at radius 3 is 2.71 bits per heavy atom. The lowest BCUT2D eigenvalue weighted by molar-refractivity contribution is -0.148. The van der Waals surface area contributed by atoms with Crippen LogP contribution in [0.25, 0.3) is 0 Å². The molecule has 0 aliphatic carbocycles. The van der Waals surface area contributed by atoms with Crippen LogP contribution in [0.2, 0.25) is 0 Å². The van der Waals surface area contributed by atoms with Crippen LogP contribution in [0.3, 0.4) is 0 Å². The molecule has 1 atom stereocenters. The molecule has 80 valence electrons. The van der Waals surface area contributed by atoms with Crippen molar-refractivity contribution in [3.63, 3.8) is 0 Å². The zero-order valence-electron chi connectivity index (χ0n) is 9.04. The summed E-state index contributed by atoms with van der Waals surface area (Å²) in [5, 5.41) is 9.54. The lowest BCUT2D eigenvalue weighted by Gasteiger charge is -2.10. The summed E-state index contributed by atoms with van der Waals surface area (Å²) in [5.41, 5.74) is 3.47. The summed E-state index contributed by atoms with van der Waals surface area (Å²) in [7, 11) is 1.26. The first-order valence-corrected chi connectivity index (χ1v) is 4.83. The van der Waals surface area contributed by atoms with Crippen molar-refractivity contribution in [1.82, 2.24) is 0 Å². The molecule has 0 radical (unpaired) electrons. The van der Waals surface area contributed by atoms with E-state index in [1.165, 1.54) is 7.11 Å². The van der Waals surface area contributed by atoms with Crippen molar-refractivity contribution in [3.05, 3.63) is 17.4 Å². The molecule has 0 bridgehead atoms. The fraction of sp³-hybridized carbons (Fsp3) is 0.636. The molecule has 0 aromatic carbocycles. The number of hydrogen-bond acceptors (Lipinski definition) is 3. The number of aliphatic hydroxyl groups excluding tert-OH is 1. The standard InChI is InChI=1S/C11H18O3/c1-4-6-8-9(7-5-2)10(12)11(13)14-3/h5,10,12H,4,6,8H2,1-3H3/t7?,10-/m0/s1. The highest BCUT2D eigenvalue weighted by Crippen LogP contribution is 2.11. The fourth-order valence-electron chi connectivity index (χ4n) is 1.09. The van der Waals surface area contributed by atoms with Crippen LogP contribution in [-0.4, -0.2) is 24.3 Å². The van der Waals surface area contributed by atoms with Crippen molar-refractivity contribution in [2.75, 3.05) is 7.11 Å². The average molecular weight is 198 g/mol. The second-order valence-corrected chi connectivity index (χ2v) is 2.99. The smallest absolute Gasteiger partial charge is 0.339 e. The van der Waals surface area contributed by atoms with Crippen molar-refractivity contribution < 1.29 is 14.6 Å². The van der Waals surface area contributed by atoms with Gasteiger partial charge in [-0.05, 0) is 25.8 Å². The molecule has 0 fully saturated rings. The third-order valence-electron chi connectivity index (χ3n) is 1.88. The van der Waals surface area contributed by atoms with Crippen LogP contribution in [0.5, 0.6) is 0 Å². The summed E-state index contributed by atoms with van der Waals surface area (Å²) in [4.78, 5) is 11.0. The van der Waals surface area contributed by atoms with Crippen molar-refractivity contribution in [2.24, 2.45) is 0 Å². The maximum absolute atomic E-state index is 11.0. The number of unbranched alkanes of at least 4 members (excludes halogenated alkanes) is 1. The van der Waals surface area contributed by atoms with Gasteiger partial charge in [0.1, 0.15) is 0 Å². The normalized spacial score (nSPS) is 11.4. The fourth-order valence-corrected chi connectivity index (χ4v) is 1.09. The highest BCUT2D eigenvalue weighted by atomic mass is 16.5. The third kappa shape index (κ3) is 4.26. The summed E-state index contributed by atoms with van der Waals surface area (Å²) in [6.07, 6.45) is 3.16. The minimum Gasteiger partial charge on any atom is -0.467 e. The molecule has 1 N–H and O–H groups in total. The Morgan fingerprint density at radius 2 is 2.29 bits per heavy atom. The summed E-state index contributed by atoms with van der Waals surface area (Å²) in [6.45, 7) is 3.85. The van der Waals surface area contributed by atoms with E-state index in [1.54, 1.807) is 13.0 Å². The number of rotatable bonds is 5. The predicted octanol–water partition coefficient (Wildman–Crippen LogP) is 1.81. The van der Waals surface area contributed by atoms with E-state index in [2.05, 4.69) is 17.4 Å². The molecule has 3 heteroatoms. The number of carbonyl (C=O) groups is 1. The van der Waals surface area contributed by atoms with Gasteiger partial charge in [0.15, 0.2) is 6.10 Å². The van der Waals surface area contributed by atoms with Crippen LogP contribution >= 0.6 is 0 Å². The molecule has 0 saturated carbocycles. The van der Waals surface area contributed by atoms with E-state index in [9.17, 15) is 9.90 Å². The van der Waals surface area contributed by atoms with Crippen LogP contribution in [0.1, 0.15) is 33.1 Å². The molecule has 0 rings (SSSR count). The van der Waals surface area contributed by atoms with Gasteiger partial charge in [-0.25, -0.2) is 4.79 Å². The van der Waals surface area contributed by atoms with Crippen LogP contribution in [-0.2, 0) is 9.53 Å². The Balaban J connectivity index is 4.50. The van der Waals surface area contributed by atoms with Gasteiger partial charge in [0.05, 0.1) is 7.11 Å². The van der Waals surface area contributed by atoms with Crippen molar-refractivity contribution in [3.8, 4) is 0 Å². The minimum absolute atomic E-state index is 0.598. The van der Waals surface area contributed by atoms with Gasteiger partial charge in [-0.3, -0.25) is 0 Å². The van der Waals surface area contributed by atoms with Crippen molar-refractivity contribution in [2.45, 2.75) is 39.2 Å². The van der Waals surface area contributed by atoms with E-state index in [-0.39, 0.29) is 0 Å². The Bertz CT molecular complexity index is 237. The van der Waals surface area contributed by atoms with Gasteiger partial charge >= 0.3 is 5.97 Å². The molecule has 0 saturated heterocycles. The summed E-state index contributed by atoms with van der Waals surface area (Å²) in [6, 6.07) is 0. The monoisotopic (exact) mass is 198 g/mol. The minimum atomic E-state index is -1.16. The molecule has 0 heterocycles. The molecule has 0 aliphatic heterocycles. The van der Waals surface area contributed by atoms with Gasteiger partial charge in [-0.2, -0.15) is 0 Å². The molecular weight excluding hydrogens is 180 g/mol.